The van der Waals surface area contributed by atoms with E-state index in [0.717, 1.165) is 24.4 Å². The van der Waals surface area contributed by atoms with Crippen LogP contribution in [0, 0.1) is 0 Å². The van der Waals surface area contributed by atoms with Crippen molar-refractivity contribution < 1.29 is 4.74 Å². The molecule has 1 heterocycles. The number of halogens is 1. The average Bonchev–Trinajstić information content (AvgIpc) is 2.78. The molecule has 3 nitrogen and oxygen atoms in total. The topological polar surface area (TPSA) is 27.1 Å². The Morgan fingerprint density at radius 2 is 2.00 bits per heavy atom. The number of nitrogens with zero attached hydrogens (tertiary/aromatic N) is 2. The van der Waals surface area contributed by atoms with Crippen LogP contribution in [0.1, 0.15) is 31.9 Å². The highest BCUT2D eigenvalue weighted by Gasteiger charge is 2.08. The molecule has 0 amide bonds. The van der Waals surface area contributed by atoms with Crippen LogP contribution in [-0.2, 0) is 6.54 Å². The largest absolute Gasteiger partial charge is 0.494 e. The fraction of sp³-hybridized carbons (Fsp3) is 0.400. The van der Waals surface area contributed by atoms with Gasteiger partial charge in [0.25, 0.3) is 0 Å². The molecule has 0 N–H and O–H groups in total. The molecule has 0 saturated heterocycles. The van der Waals surface area contributed by atoms with Crippen molar-refractivity contribution in [3.63, 3.8) is 0 Å². The molecule has 1 aromatic heterocycles. The van der Waals surface area contributed by atoms with E-state index in [4.69, 9.17) is 16.3 Å². The molecule has 2 rings (SSSR count). The maximum absolute atomic E-state index is 6.14. The lowest BCUT2D eigenvalue weighted by molar-refractivity contribution is 0.298. The minimum absolute atomic E-state index is 0.402. The van der Waals surface area contributed by atoms with E-state index in [2.05, 4.69) is 18.9 Å². The summed E-state index contributed by atoms with van der Waals surface area (Å²) in [6, 6.07) is 11.8. The van der Waals surface area contributed by atoms with Gasteiger partial charge in [0.2, 0.25) is 0 Å². The third kappa shape index (κ3) is 4.00. The first-order valence-electron chi connectivity index (χ1n) is 6.58. The van der Waals surface area contributed by atoms with Crippen molar-refractivity contribution in [1.29, 1.82) is 0 Å². The Kier molecular flexibility index (Phi) is 4.86. The molecule has 0 aliphatic rings. The third-order valence-electron chi connectivity index (χ3n) is 2.87. The lowest BCUT2D eigenvalue weighted by Crippen LogP contribution is -2.06. The molecule has 0 radical (unpaired) electrons. The first kappa shape index (κ1) is 13.9. The van der Waals surface area contributed by atoms with Crippen LogP contribution in [0.3, 0.4) is 0 Å². The molecule has 0 saturated carbocycles. The second-order valence-electron chi connectivity index (χ2n) is 4.78. The predicted molar refractivity (Wildman–Crippen MR) is 77.9 cm³/mol. The van der Waals surface area contributed by atoms with Crippen LogP contribution >= 0.6 is 11.6 Å². The van der Waals surface area contributed by atoms with Gasteiger partial charge in [-0.25, -0.2) is 0 Å². The smallest absolute Gasteiger partial charge is 0.127 e. The molecular formula is C15H19ClN2O. The maximum atomic E-state index is 6.14. The van der Waals surface area contributed by atoms with Crippen molar-refractivity contribution in [2.45, 2.75) is 32.7 Å². The second kappa shape index (κ2) is 6.62. The Balaban J connectivity index is 1.80. The molecule has 0 atom stereocenters. The van der Waals surface area contributed by atoms with Crippen LogP contribution in [-0.4, -0.2) is 16.4 Å². The summed E-state index contributed by atoms with van der Waals surface area (Å²) >= 11 is 6.14. The van der Waals surface area contributed by atoms with E-state index in [-0.39, 0.29) is 0 Å². The van der Waals surface area contributed by atoms with Gasteiger partial charge in [0.15, 0.2) is 0 Å². The van der Waals surface area contributed by atoms with E-state index < -0.39 is 0 Å². The first-order chi connectivity index (χ1) is 9.16. The molecule has 0 spiro atoms. The Morgan fingerprint density at radius 1 is 1.26 bits per heavy atom. The number of hydrogen-bond acceptors (Lipinski definition) is 2. The molecule has 0 unspecified atom stereocenters. The van der Waals surface area contributed by atoms with E-state index >= 15 is 0 Å². The number of ether oxygens (including phenoxy) is 1. The number of rotatable bonds is 6. The summed E-state index contributed by atoms with van der Waals surface area (Å²) in [6.07, 6.45) is 0.883. The van der Waals surface area contributed by atoms with Gasteiger partial charge >= 0.3 is 0 Å². The van der Waals surface area contributed by atoms with E-state index in [9.17, 15) is 0 Å². The predicted octanol–water partition coefficient (Wildman–Crippen LogP) is 4.13. The Bertz CT molecular complexity index is 508. The number of para-hydroxylation sites is 1. The van der Waals surface area contributed by atoms with Crippen LogP contribution in [0.5, 0.6) is 5.75 Å². The van der Waals surface area contributed by atoms with Crippen molar-refractivity contribution in [2.75, 3.05) is 6.61 Å². The van der Waals surface area contributed by atoms with Gasteiger partial charge in [0.05, 0.1) is 12.3 Å². The second-order valence-corrected chi connectivity index (χ2v) is 5.17. The summed E-state index contributed by atoms with van der Waals surface area (Å²) in [7, 11) is 0. The highest BCUT2D eigenvalue weighted by molar-refractivity contribution is 6.29. The Labute approximate surface area is 119 Å². The molecule has 2 aromatic rings. The van der Waals surface area contributed by atoms with Crippen LogP contribution in [0.25, 0.3) is 0 Å². The molecule has 0 fully saturated rings. The van der Waals surface area contributed by atoms with Crippen LogP contribution in [0.2, 0.25) is 5.15 Å². The zero-order valence-corrected chi connectivity index (χ0v) is 12.1. The zero-order valence-electron chi connectivity index (χ0n) is 11.3. The maximum Gasteiger partial charge on any atom is 0.127 e. The molecule has 19 heavy (non-hydrogen) atoms. The lowest BCUT2D eigenvalue weighted by atomic mass is 10.1. The summed E-state index contributed by atoms with van der Waals surface area (Å²) in [5.41, 5.74) is 1.04. The van der Waals surface area contributed by atoms with Crippen LogP contribution in [0.15, 0.2) is 36.4 Å². The minimum Gasteiger partial charge on any atom is -0.494 e. The normalized spacial score (nSPS) is 10.9. The summed E-state index contributed by atoms with van der Waals surface area (Å²) in [4.78, 5) is 0. The van der Waals surface area contributed by atoms with E-state index in [0.29, 0.717) is 17.7 Å². The minimum atomic E-state index is 0.402. The summed E-state index contributed by atoms with van der Waals surface area (Å²) in [5, 5.41) is 5.18. The SMILES string of the molecule is CC(C)c1cc(Cl)n(CCCOc2ccccc2)n1. The van der Waals surface area contributed by atoms with Crippen molar-refractivity contribution in [3.8, 4) is 5.75 Å². The van der Waals surface area contributed by atoms with Gasteiger partial charge in [-0.15, -0.1) is 0 Å². The van der Waals surface area contributed by atoms with E-state index in [1.165, 1.54) is 0 Å². The molecular weight excluding hydrogens is 260 g/mol. The zero-order chi connectivity index (χ0) is 13.7. The molecule has 0 bridgehead atoms. The van der Waals surface area contributed by atoms with Gasteiger partial charge in [-0.2, -0.15) is 5.10 Å². The summed E-state index contributed by atoms with van der Waals surface area (Å²) in [5.74, 6) is 1.30. The highest BCUT2D eigenvalue weighted by Crippen LogP contribution is 2.18. The molecule has 0 aliphatic heterocycles. The molecule has 1 aromatic carbocycles. The van der Waals surface area contributed by atoms with Gasteiger partial charge < -0.3 is 4.74 Å². The van der Waals surface area contributed by atoms with Crippen molar-refractivity contribution in [3.05, 3.63) is 47.2 Å². The summed E-state index contributed by atoms with van der Waals surface area (Å²) in [6.45, 7) is 5.67. The van der Waals surface area contributed by atoms with Gasteiger partial charge in [-0.3, -0.25) is 4.68 Å². The lowest BCUT2D eigenvalue weighted by Gasteiger charge is -2.06. The van der Waals surface area contributed by atoms with Crippen LogP contribution < -0.4 is 4.74 Å². The number of benzene rings is 1. The van der Waals surface area contributed by atoms with E-state index in [1.54, 1.807) is 0 Å². The third-order valence-corrected chi connectivity index (χ3v) is 3.17. The standard InChI is InChI=1S/C15H19ClN2O/c1-12(2)14-11-15(16)18(17-14)9-6-10-19-13-7-4-3-5-8-13/h3-5,7-8,11-12H,6,9-10H2,1-2H3. The van der Waals surface area contributed by atoms with E-state index in [1.807, 2.05) is 41.1 Å². The van der Waals surface area contributed by atoms with Crippen molar-refractivity contribution >= 4 is 11.6 Å². The Morgan fingerprint density at radius 3 is 2.63 bits per heavy atom. The average molecular weight is 279 g/mol. The summed E-state index contributed by atoms with van der Waals surface area (Å²) < 4.78 is 7.48. The van der Waals surface area contributed by atoms with Gasteiger partial charge in [-0.05, 0) is 24.1 Å². The quantitative estimate of drug-likeness (QED) is 0.743. The van der Waals surface area contributed by atoms with Gasteiger partial charge in [0.1, 0.15) is 10.9 Å². The molecule has 102 valence electrons. The van der Waals surface area contributed by atoms with Crippen LogP contribution in [0.4, 0.5) is 0 Å². The monoisotopic (exact) mass is 278 g/mol. The fourth-order valence-corrected chi connectivity index (χ4v) is 2.01. The van der Waals surface area contributed by atoms with Gasteiger partial charge in [0, 0.05) is 13.0 Å². The number of hydrogen-bond donors (Lipinski definition) is 0. The number of aryl methyl sites for hydroxylation is 1. The van der Waals surface area contributed by atoms with Gasteiger partial charge in [-0.1, -0.05) is 43.6 Å². The first-order valence-corrected chi connectivity index (χ1v) is 6.95. The Hall–Kier alpha value is -1.48. The molecule has 4 heteroatoms. The van der Waals surface area contributed by atoms with Crippen molar-refractivity contribution in [2.24, 2.45) is 0 Å². The molecule has 0 aliphatic carbocycles. The van der Waals surface area contributed by atoms with Crippen molar-refractivity contribution in [1.82, 2.24) is 9.78 Å². The number of aromatic nitrogens is 2. The fourth-order valence-electron chi connectivity index (χ4n) is 1.77. The highest BCUT2D eigenvalue weighted by atomic mass is 35.5.